The van der Waals surface area contributed by atoms with Gasteiger partial charge in [-0.25, -0.2) is 9.97 Å². The minimum atomic E-state index is -0.198. The zero-order valence-electron chi connectivity index (χ0n) is 12.6. The van der Waals surface area contributed by atoms with Crippen LogP contribution in [0.4, 0.5) is 5.95 Å². The molecule has 5 heteroatoms. The second-order valence-electron chi connectivity index (χ2n) is 5.19. The molecule has 0 saturated carbocycles. The van der Waals surface area contributed by atoms with Gasteiger partial charge in [0.25, 0.3) is 5.91 Å². The lowest BCUT2D eigenvalue weighted by Crippen LogP contribution is -2.25. The van der Waals surface area contributed by atoms with E-state index in [-0.39, 0.29) is 11.9 Å². The van der Waals surface area contributed by atoms with Crippen molar-refractivity contribution in [2.24, 2.45) is 0 Å². The van der Waals surface area contributed by atoms with Crippen molar-refractivity contribution >= 4 is 11.9 Å². The minimum absolute atomic E-state index is 0.198. The van der Waals surface area contributed by atoms with Crippen molar-refractivity contribution in [2.75, 3.05) is 5.32 Å². The molecule has 0 aliphatic carbocycles. The Bertz CT molecular complexity index is 611. The topological polar surface area (TPSA) is 66.9 Å². The molecule has 110 valence electrons. The van der Waals surface area contributed by atoms with Gasteiger partial charge in [0.2, 0.25) is 5.95 Å². The summed E-state index contributed by atoms with van der Waals surface area (Å²) < 4.78 is 0. The molecule has 2 N–H and O–H groups in total. The lowest BCUT2D eigenvalue weighted by atomic mass is 10.2. The minimum Gasteiger partial charge on any atom is -0.352 e. The lowest BCUT2D eigenvalue weighted by molar-refractivity contribution is 0.0945. The number of carbonyl (C=O) groups is 1. The maximum absolute atomic E-state index is 12.2. The smallest absolute Gasteiger partial charge is 0.270 e. The van der Waals surface area contributed by atoms with E-state index in [1.807, 2.05) is 51.1 Å². The summed E-state index contributed by atoms with van der Waals surface area (Å²) in [5.74, 6) is 0.283. The molecule has 0 aliphatic heterocycles. The molecule has 2 aromatic rings. The fourth-order valence-corrected chi connectivity index (χ4v) is 1.88. The Morgan fingerprint density at radius 2 is 1.90 bits per heavy atom. The van der Waals surface area contributed by atoms with Crippen molar-refractivity contribution in [2.45, 2.75) is 33.4 Å². The van der Waals surface area contributed by atoms with Gasteiger partial charge in [-0.05, 0) is 32.4 Å². The van der Waals surface area contributed by atoms with Crippen LogP contribution in [0.25, 0.3) is 0 Å². The molecule has 2 rings (SSSR count). The number of nitrogens with one attached hydrogen (secondary N) is 2. The zero-order valence-corrected chi connectivity index (χ0v) is 12.6. The van der Waals surface area contributed by atoms with Crippen LogP contribution < -0.4 is 10.6 Å². The Labute approximate surface area is 124 Å². The van der Waals surface area contributed by atoms with Crippen LogP contribution in [0.5, 0.6) is 0 Å². The molecule has 0 saturated heterocycles. The summed E-state index contributed by atoms with van der Waals surface area (Å²) in [5, 5.41) is 5.98. The number of hydrogen-bond acceptors (Lipinski definition) is 4. The normalized spacial score (nSPS) is 10.5. The third-order valence-corrected chi connectivity index (χ3v) is 2.80. The van der Waals surface area contributed by atoms with Crippen LogP contribution in [-0.2, 0) is 6.54 Å². The first kappa shape index (κ1) is 15.0. The number of aromatic nitrogens is 2. The van der Waals surface area contributed by atoms with Gasteiger partial charge < -0.3 is 10.6 Å². The van der Waals surface area contributed by atoms with Gasteiger partial charge in [-0.1, -0.05) is 30.3 Å². The molecule has 1 aromatic heterocycles. The predicted molar refractivity (Wildman–Crippen MR) is 83.1 cm³/mol. The molecular formula is C16H20N4O. The number of nitrogens with zero attached hydrogens (tertiary/aromatic N) is 2. The quantitative estimate of drug-likeness (QED) is 0.885. The number of anilines is 1. The van der Waals surface area contributed by atoms with Crippen molar-refractivity contribution in [3.05, 3.63) is 53.3 Å². The second kappa shape index (κ2) is 6.83. The third kappa shape index (κ3) is 4.56. The van der Waals surface area contributed by atoms with Gasteiger partial charge in [-0.2, -0.15) is 0 Å². The Hall–Kier alpha value is -2.43. The van der Waals surface area contributed by atoms with E-state index in [9.17, 15) is 4.79 Å². The van der Waals surface area contributed by atoms with Crippen LogP contribution in [0.3, 0.4) is 0 Å². The number of rotatable bonds is 5. The van der Waals surface area contributed by atoms with Crippen LogP contribution in [0, 0.1) is 6.92 Å². The van der Waals surface area contributed by atoms with Gasteiger partial charge in [-0.15, -0.1) is 0 Å². The molecule has 5 nitrogen and oxygen atoms in total. The summed E-state index contributed by atoms with van der Waals surface area (Å²) in [6.45, 7) is 6.33. The number of hydrogen-bond donors (Lipinski definition) is 2. The summed E-state index contributed by atoms with van der Waals surface area (Å²) in [6.07, 6.45) is 0. The van der Waals surface area contributed by atoms with E-state index in [2.05, 4.69) is 20.6 Å². The van der Waals surface area contributed by atoms with Gasteiger partial charge in [0.1, 0.15) is 5.69 Å². The predicted octanol–water partition coefficient (Wildman–Crippen LogP) is 2.54. The number of aryl methyl sites for hydroxylation is 1. The second-order valence-corrected chi connectivity index (χ2v) is 5.19. The van der Waals surface area contributed by atoms with E-state index in [1.54, 1.807) is 6.07 Å². The van der Waals surface area contributed by atoms with Gasteiger partial charge >= 0.3 is 0 Å². The monoisotopic (exact) mass is 284 g/mol. The third-order valence-electron chi connectivity index (χ3n) is 2.80. The lowest BCUT2D eigenvalue weighted by Gasteiger charge is -2.10. The Balaban J connectivity index is 2.06. The molecule has 0 radical (unpaired) electrons. The number of carbonyl (C=O) groups excluding carboxylic acids is 1. The highest BCUT2D eigenvalue weighted by Crippen LogP contribution is 2.07. The van der Waals surface area contributed by atoms with E-state index in [0.717, 1.165) is 11.3 Å². The van der Waals surface area contributed by atoms with Crippen LogP contribution in [0.1, 0.15) is 35.6 Å². The van der Waals surface area contributed by atoms with Gasteiger partial charge in [0, 0.05) is 18.3 Å². The van der Waals surface area contributed by atoms with E-state index < -0.39 is 0 Å². The fourth-order valence-electron chi connectivity index (χ4n) is 1.88. The summed E-state index contributed by atoms with van der Waals surface area (Å²) >= 11 is 0. The van der Waals surface area contributed by atoms with E-state index in [1.165, 1.54) is 0 Å². The standard InChI is InChI=1S/C16H20N4O/c1-11(2)18-16-19-12(3)9-14(20-16)15(21)17-10-13-7-5-4-6-8-13/h4-9,11H,10H2,1-3H3,(H,17,21)(H,18,19,20). The molecule has 1 heterocycles. The van der Waals surface area contributed by atoms with Crippen LogP contribution in [0.15, 0.2) is 36.4 Å². The first-order valence-electron chi connectivity index (χ1n) is 6.99. The summed E-state index contributed by atoms with van der Waals surface area (Å²) in [7, 11) is 0. The largest absolute Gasteiger partial charge is 0.352 e. The molecular weight excluding hydrogens is 264 g/mol. The molecule has 1 aromatic carbocycles. The molecule has 0 aliphatic rings. The van der Waals surface area contributed by atoms with Crippen molar-refractivity contribution < 1.29 is 4.79 Å². The molecule has 0 fully saturated rings. The van der Waals surface area contributed by atoms with Crippen LogP contribution >= 0.6 is 0 Å². The van der Waals surface area contributed by atoms with E-state index >= 15 is 0 Å². The van der Waals surface area contributed by atoms with Crippen molar-refractivity contribution in [1.82, 2.24) is 15.3 Å². The highest BCUT2D eigenvalue weighted by atomic mass is 16.1. The SMILES string of the molecule is Cc1cc(C(=O)NCc2ccccc2)nc(NC(C)C)n1. The maximum atomic E-state index is 12.2. The van der Waals surface area contributed by atoms with Gasteiger partial charge in [0.05, 0.1) is 0 Å². The highest BCUT2D eigenvalue weighted by molar-refractivity contribution is 5.92. The zero-order chi connectivity index (χ0) is 15.2. The van der Waals surface area contributed by atoms with Crippen molar-refractivity contribution in [3.8, 4) is 0 Å². The molecule has 0 bridgehead atoms. The fraction of sp³-hybridized carbons (Fsp3) is 0.312. The highest BCUT2D eigenvalue weighted by Gasteiger charge is 2.10. The molecule has 1 amide bonds. The number of benzene rings is 1. The van der Waals surface area contributed by atoms with Crippen molar-refractivity contribution in [1.29, 1.82) is 0 Å². The van der Waals surface area contributed by atoms with E-state index in [0.29, 0.717) is 18.2 Å². The number of amides is 1. The first-order chi connectivity index (χ1) is 10.0. The Morgan fingerprint density at radius 3 is 2.57 bits per heavy atom. The van der Waals surface area contributed by atoms with Gasteiger partial charge in [-0.3, -0.25) is 4.79 Å². The summed E-state index contributed by atoms with van der Waals surface area (Å²) in [4.78, 5) is 20.7. The maximum Gasteiger partial charge on any atom is 0.270 e. The summed E-state index contributed by atoms with van der Waals surface area (Å²) in [6, 6.07) is 11.7. The average molecular weight is 284 g/mol. The molecule has 0 unspecified atom stereocenters. The average Bonchev–Trinajstić information content (AvgIpc) is 2.44. The Morgan fingerprint density at radius 1 is 1.19 bits per heavy atom. The Kier molecular flexibility index (Phi) is 4.87. The van der Waals surface area contributed by atoms with Crippen molar-refractivity contribution in [3.63, 3.8) is 0 Å². The van der Waals surface area contributed by atoms with Gasteiger partial charge in [0.15, 0.2) is 0 Å². The van der Waals surface area contributed by atoms with Crippen LogP contribution in [0.2, 0.25) is 0 Å². The van der Waals surface area contributed by atoms with Crippen LogP contribution in [-0.4, -0.2) is 21.9 Å². The molecule has 0 atom stereocenters. The summed E-state index contributed by atoms with van der Waals surface area (Å²) in [5.41, 5.74) is 2.19. The van der Waals surface area contributed by atoms with E-state index in [4.69, 9.17) is 0 Å². The molecule has 0 spiro atoms. The first-order valence-corrected chi connectivity index (χ1v) is 6.99. The molecule has 21 heavy (non-hydrogen) atoms.